The molecule has 2 aromatic carbocycles. The lowest BCUT2D eigenvalue weighted by Crippen LogP contribution is -2.25. The number of aromatic hydroxyl groups is 1. The zero-order chi connectivity index (χ0) is 15.5. The molecule has 0 fully saturated rings. The van der Waals surface area contributed by atoms with Gasteiger partial charge in [-0.2, -0.15) is 0 Å². The van der Waals surface area contributed by atoms with Crippen molar-refractivity contribution in [3.8, 4) is 11.5 Å². The molecule has 0 atom stereocenters. The number of fused-ring (bicyclic) bond motifs is 1. The number of rotatable bonds is 3. The summed E-state index contributed by atoms with van der Waals surface area (Å²) in [7, 11) is 0. The van der Waals surface area contributed by atoms with E-state index in [0.29, 0.717) is 17.0 Å². The first-order valence-electron chi connectivity index (χ1n) is 6.70. The maximum Gasteiger partial charge on any atom is 0.262 e. The number of ketones is 1. The molecule has 2 aromatic rings. The van der Waals surface area contributed by atoms with Crippen LogP contribution in [0.25, 0.3) is 6.08 Å². The van der Waals surface area contributed by atoms with Crippen LogP contribution in [0.4, 0.5) is 5.69 Å². The Bertz CT molecular complexity index is 780. The summed E-state index contributed by atoms with van der Waals surface area (Å²) >= 11 is 0. The van der Waals surface area contributed by atoms with Crippen molar-refractivity contribution in [3.63, 3.8) is 0 Å². The fourth-order valence-corrected chi connectivity index (χ4v) is 2.13. The second kappa shape index (κ2) is 5.73. The lowest BCUT2D eigenvalue weighted by atomic mass is 10.1. The molecule has 0 unspecified atom stereocenters. The number of anilines is 1. The monoisotopic (exact) mass is 295 g/mol. The van der Waals surface area contributed by atoms with E-state index in [-0.39, 0.29) is 24.0 Å². The van der Waals surface area contributed by atoms with Gasteiger partial charge in [-0.15, -0.1) is 0 Å². The van der Waals surface area contributed by atoms with Crippen molar-refractivity contribution >= 4 is 23.5 Å². The van der Waals surface area contributed by atoms with Gasteiger partial charge in [0, 0.05) is 5.56 Å². The Morgan fingerprint density at radius 2 is 2.09 bits per heavy atom. The molecule has 1 amide bonds. The van der Waals surface area contributed by atoms with Gasteiger partial charge in [-0.05, 0) is 42.0 Å². The van der Waals surface area contributed by atoms with E-state index < -0.39 is 0 Å². The first kappa shape index (κ1) is 13.9. The molecule has 1 heterocycles. The molecular weight excluding hydrogens is 282 g/mol. The van der Waals surface area contributed by atoms with Gasteiger partial charge in [-0.3, -0.25) is 9.59 Å². The zero-order valence-corrected chi connectivity index (χ0v) is 11.6. The molecule has 5 nitrogen and oxygen atoms in total. The summed E-state index contributed by atoms with van der Waals surface area (Å²) < 4.78 is 5.24. The topological polar surface area (TPSA) is 75.6 Å². The van der Waals surface area contributed by atoms with Crippen LogP contribution in [0.2, 0.25) is 0 Å². The van der Waals surface area contributed by atoms with Crippen LogP contribution in [0.1, 0.15) is 15.9 Å². The molecule has 0 saturated heterocycles. The maximum atomic E-state index is 12.2. The Labute approximate surface area is 126 Å². The van der Waals surface area contributed by atoms with Crippen LogP contribution in [-0.4, -0.2) is 23.4 Å². The Balaban J connectivity index is 1.80. The molecule has 0 spiro atoms. The second-order valence-electron chi connectivity index (χ2n) is 4.84. The normalized spacial score (nSPS) is 13.4. The number of benzene rings is 2. The summed E-state index contributed by atoms with van der Waals surface area (Å²) in [4.78, 5) is 23.5. The van der Waals surface area contributed by atoms with Gasteiger partial charge in [0.1, 0.15) is 11.5 Å². The zero-order valence-electron chi connectivity index (χ0n) is 11.6. The number of carbonyl (C=O) groups excluding carboxylic acids is 2. The minimum absolute atomic E-state index is 0.0162. The molecule has 2 N–H and O–H groups in total. The van der Waals surface area contributed by atoms with Crippen LogP contribution < -0.4 is 10.1 Å². The third-order valence-electron chi connectivity index (χ3n) is 3.19. The van der Waals surface area contributed by atoms with E-state index in [1.54, 1.807) is 48.5 Å². The van der Waals surface area contributed by atoms with Gasteiger partial charge in [0.2, 0.25) is 0 Å². The highest BCUT2D eigenvalue weighted by atomic mass is 16.5. The standard InChI is InChI=1S/C17H13NO4/c19-13-3-1-2-11(8-13)4-6-15(20)12-5-7-16-14(9-12)18-17(21)10-22-16/h1-9,19H,10H2,(H,18,21). The Kier molecular flexibility index (Phi) is 3.62. The number of allylic oxidation sites excluding steroid dienone is 1. The van der Waals surface area contributed by atoms with Gasteiger partial charge in [-0.25, -0.2) is 0 Å². The van der Waals surface area contributed by atoms with E-state index in [2.05, 4.69) is 5.32 Å². The van der Waals surface area contributed by atoms with Crippen molar-refractivity contribution in [2.24, 2.45) is 0 Å². The van der Waals surface area contributed by atoms with Gasteiger partial charge in [0.05, 0.1) is 5.69 Å². The van der Waals surface area contributed by atoms with Crippen molar-refractivity contribution in [1.29, 1.82) is 0 Å². The highest BCUT2D eigenvalue weighted by Gasteiger charge is 2.17. The summed E-state index contributed by atoms with van der Waals surface area (Å²) in [5, 5.41) is 12.0. The highest BCUT2D eigenvalue weighted by Crippen LogP contribution is 2.28. The Hall–Kier alpha value is -3.08. The van der Waals surface area contributed by atoms with Crippen LogP contribution in [-0.2, 0) is 4.79 Å². The maximum absolute atomic E-state index is 12.2. The predicted molar refractivity (Wildman–Crippen MR) is 82.0 cm³/mol. The fraction of sp³-hybridized carbons (Fsp3) is 0.0588. The van der Waals surface area contributed by atoms with Crippen molar-refractivity contribution in [3.05, 3.63) is 59.7 Å². The number of hydrogen-bond donors (Lipinski definition) is 2. The van der Waals surface area contributed by atoms with E-state index in [4.69, 9.17) is 4.74 Å². The van der Waals surface area contributed by atoms with E-state index in [0.717, 1.165) is 5.56 Å². The average Bonchev–Trinajstić information content (AvgIpc) is 2.52. The molecular formula is C17H13NO4. The minimum atomic E-state index is -0.243. The van der Waals surface area contributed by atoms with Crippen LogP contribution >= 0.6 is 0 Å². The number of hydrogen-bond acceptors (Lipinski definition) is 4. The van der Waals surface area contributed by atoms with Crippen LogP contribution in [0.3, 0.4) is 0 Å². The molecule has 0 radical (unpaired) electrons. The lowest BCUT2D eigenvalue weighted by molar-refractivity contribution is -0.118. The molecule has 22 heavy (non-hydrogen) atoms. The van der Waals surface area contributed by atoms with Crippen molar-refractivity contribution in [2.45, 2.75) is 0 Å². The lowest BCUT2D eigenvalue weighted by Gasteiger charge is -2.17. The van der Waals surface area contributed by atoms with Crippen LogP contribution in [0.5, 0.6) is 11.5 Å². The SMILES string of the molecule is O=C1COc2ccc(C(=O)C=Cc3cccc(O)c3)cc2N1. The van der Waals surface area contributed by atoms with Gasteiger partial charge in [0.25, 0.3) is 5.91 Å². The minimum Gasteiger partial charge on any atom is -0.508 e. The highest BCUT2D eigenvalue weighted by molar-refractivity contribution is 6.08. The Morgan fingerprint density at radius 1 is 1.23 bits per heavy atom. The summed E-state index contributed by atoms with van der Waals surface area (Å²) in [6, 6.07) is 11.5. The van der Waals surface area contributed by atoms with Gasteiger partial charge >= 0.3 is 0 Å². The fourth-order valence-electron chi connectivity index (χ4n) is 2.13. The number of nitrogens with one attached hydrogen (secondary N) is 1. The Morgan fingerprint density at radius 3 is 2.91 bits per heavy atom. The number of phenols is 1. The first-order valence-corrected chi connectivity index (χ1v) is 6.70. The molecule has 1 aliphatic rings. The molecule has 0 aromatic heterocycles. The van der Waals surface area contributed by atoms with Gasteiger partial charge < -0.3 is 15.2 Å². The molecule has 1 aliphatic heterocycles. The molecule has 0 saturated carbocycles. The quantitative estimate of drug-likeness (QED) is 0.674. The number of carbonyl (C=O) groups is 2. The molecule has 3 rings (SSSR count). The summed E-state index contributed by atoms with van der Waals surface area (Å²) in [5.74, 6) is 0.245. The second-order valence-corrected chi connectivity index (χ2v) is 4.84. The van der Waals surface area contributed by atoms with E-state index in [9.17, 15) is 14.7 Å². The van der Waals surface area contributed by atoms with Crippen molar-refractivity contribution in [1.82, 2.24) is 0 Å². The van der Waals surface area contributed by atoms with Crippen molar-refractivity contribution < 1.29 is 19.4 Å². The number of amides is 1. The summed E-state index contributed by atoms with van der Waals surface area (Å²) in [5.41, 5.74) is 1.66. The third-order valence-corrected chi connectivity index (χ3v) is 3.19. The average molecular weight is 295 g/mol. The molecule has 5 heteroatoms. The molecule has 0 bridgehead atoms. The third kappa shape index (κ3) is 2.98. The number of phenolic OH excluding ortho intramolecular Hbond substituents is 1. The molecule has 0 aliphatic carbocycles. The van der Waals surface area contributed by atoms with Gasteiger partial charge in [-0.1, -0.05) is 18.2 Å². The van der Waals surface area contributed by atoms with E-state index >= 15 is 0 Å². The number of ether oxygens (including phenoxy) is 1. The predicted octanol–water partition coefficient (Wildman–Crippen LogP) is 2.62. The van der Waals surface area contributed by atoms with Crippen LogP contribution in [0, 0.1) is 0 Å². The largest absolute Gasteiger partial charge is 0.508 e. The smallest absolute Gasteiger partial charge is 0.262 e. The summed E-state index contributed by atoms with van der Waals surface area (Å²) in [6.45, 7) is -0.0162. The van der Waals surface area contributed by atoms with E-state index in [1.807, 2.05) is 0 Å². The van der Waals surface area contributed by atoms with Crippen LogP contribution in [0.15, 0.2) is 48.5 Å². The van der Waals surface area contributed by atoms with Crippen molar-refractivity contribution in [2.75, 3.05) is 11.9 Å². The van der Waals surface area contributed by atoms with Gasteiger partial charge in [0.15, 0.2) is 12.4 Å². The summed E-state index contributed by atoms with van der Waals surface area (Å²) in [6.07, 6.45) is 3.04. The van der Waals surface area contributed by atoms with E-state index in [1.165, 1.54) is 6.08 Å². The first-order chi connectivity index (χ1) is 10.6. The molecule has 110 valence electrons.